The lowest BCUT2D eigenvalue weighted by Gasteiger charge is -2.29. The van der Waals surface area contributed by atoms with E-state index in [1.807, 2.05) is 0 Å². The van der Waals surface area contributed by atoms with Crippen molar-refractivity contribution in [2.24, 2.45) is 0 Å². The maximum atomic E-state index is 10.3. The summed E-state index contributed by atoms with van der Waals surface area (Å²) in [6, 6.07) is 0. The number of aliphatic carboxylic acids is 1. The molecule has 0 saturated heterocycles. The van der Waals surface area contributed by atoms with E-state index in [9.17, 15) is 9.90 Å². The predicted molar refractivity (Wildman–Crippen MR) is 44.8 cm³/mol. The SMILES string of the molecule is C[N+](C)(CCOCCO)CC(=O)[O-]. The van der Waals surface area contributed by atoms with Crippen LogP contribution in [0.1, 0.15) is 0 Å². The monoisotopic (exact) mass is 191 g/mol. The summed E-state index contributed by atoms with van der Waals surface area (Å²) >= 11 is 0. The minimum Gasteiger partial charge on any atom is -0.544 e. The Morgan fingerprint density at radius 1 is 1.46 bits per heavy atom. The molecule has 0 heterocycles. The van der Waals surface area contributed by atoms with Gasteiger partial charge in [-0.2, -0.15) is 0 Å². The minimum absolute atomic E-state index is 0.00604. The third-order valence-corrected chi connectivity index (χ3v) is 1.63. The smallest absolute Gasteiger partial charge is 0.119 e. The van der Waals surface area contributed by atoms with Gasteiger partial charge in [-0.05, 0) is 0 Å². The maximum absolute atomic E-state index is 10.3. The first-order chi connectivity index (χ1) is 5.98. The standard InChI is InChI=1S/C8H17NO4/c1-9(2,7-8(11)12)3-5-13-6-4-10/h10H,3-7H2,1-2H3. The van der Waals surface area contributed by atoms with Crippen LogP contribution >= 0.6 is 0 Å². The summed E-state index contributed by atoms with van der Waals surface area (Å²) < 4.78 is 5.35. The number of nitrogens with zero attached hydrogens (tertiary/aromatic N) is 1. The van der Waals surface area contributed by atoms with Crippen molar-refractivity contribution in [1.29, 1.82) is 0 Å². The zero-order chi connectivity index (χ0) is 10.3. The molecule has 0 aromatic carbocycles. The number of carbonyl (C=O) groups is 1. The second-order valence-electron chi connectivity index (χ2n) is 3.53. The lowest BCUT2D eigenvalue weighted by molar-refractivity contribution is -0.885. The van der Waals surface area contributed by atoms with Gasteiger partial charge in [0.2, 0.25) is 0 Å². The topological polar surface area (TPSA) is 69.6 Å². The van der Waals surface area contributed by atoms with Crippen LogP contribution in [0.25, 0.3) is 0 Å². The number of likely N-dealkylation sites (N-methyl/N-ethyl adjacent to an activating group) is 1. The van der Waals surface area contributed by atoms with E-state index in [2.05, 4.69) is 0 Å². The van der Waals surface area contributed by atoms with Gasteiger partial charge in [-0.1, -0.05) is 0 Å². The average Bonchev–Trinajstić information content (AvgIpc) is 1.95. The van der Waals surface area contributed by atoms with Crippen LogP contribution < -0.4 is 5.11 Å². The number of hydrogen-bond donors (Lipinski definition) is 1. The summed E-state index contributed by atoms with van der Waals surface area (Å²) in [6.07, 6.45) is 0. The molecule has 0 aromatic heterocycles. The van der Waals surface area contributed by atoms with Gasteiger partial charge in [-0.15, -0.1) is 0 Å². The van der Waals surface area contributed by atoms with E-state index in [1.54, 1.807) is 14.1 Å². The van der Waals surface area contributed by atoms with Crippen molar-refractivity contribution in [2.45, 2.75) is 0 Å². The fourth-order valence-electron chi connectivity index (χ4n) is 0.907. The van der Waals surface area contributed by atoms with Crippen molar-refractivity contribution in [3.05, 3.63) is 0 Å². The highest BCUT2D eigenvalue weighted by atomic mass is 16.5. The molecular weight excluding hydrogens is 174 g/mol. The van der Waals surface area contributed by atoms with Crippen LogP contribution in [0.3, 0.4) is 0 Å². The van der Waals surface area contributed by atoms with Crippen molar-refractivity contribution in [3.63, 3.8) is 0 Å². The Labute approximate surface area is 78.1 Å². The average molecular weight is 191 g/mol. The summed E-state index contributed by atoms with van der Waals surface area (Å²) in [6.45, 7) is 1.30. The molecule has 0 fully saturated rings. The third-order valence-electron chi connectivity index (χ3n) is 1.63. The zero-order valence-corrected chi connectivity index (χ0v) is 8.15. The van der Waals surface area contributed by atoms with Gasteiger partial charge >= 0.3 is 0 Å². The van der Waals surface area contributed by atoms with E-state index in [-0.39, 0.29) is 13.2 Å². The highest BCUT2D eigenvalue weighted by Gasteiger charge is 2.14. The quantitative estimate of drug-likeness (QED) is 0.367. The summed E-state index contributed by atoms with van der Waals surface area (Å²) in [5, 5.41) is 18.7. The fourth-order valence-corrected chi connectivity index (χ4v) is 0.907. The Kier molecular flexibility index (Phi) is 5.61. The molecule has 0 aliphatic carbocycles. The first kappa shape index (κ1) is 12.3. The Balaban J connectivity index is 3.56. The fraction of sp³-hybridized carbons (Fsp3) is 0.875. The molecule has 0 spiro atoms. The van der Waals surface area contributed by atoms with Crippen LogP contribution in [0.4, 0.5) is 0 Å². The summed E-state index contributed by atoms with van der Waals surface area (Å²) in [5.74, 6) is -1.06. The van der Waals surface area contributed by atoms with E-state index in [0.717, 1.165) is 0 Å². The summed E-state index contributed by atoms with van der Waals surface area (Å²) in [7, 11) is 3.58. The molecule has 0 saturated carbocycles. The van der Waals surface area contributed by atoms with Crippen LogP contribution in [0.2, 0.25) is 0 Å². The molecule has 78 valence electrons. The van der Waals surface area contributed by atoms with Crippen molar-refractivity contribution < 1.29 is 24.2 Å². The van der Waals surface area contributed by atoms with Crippen LogP contribution in [0.5, 0.6) is 0 Å². The lowest BCUT2D eigenvalue weighted by Crippen LogP contribution is -2.49. The van der Waals surface area contributed by atoms with Gasteiger partial charge in [-0.25, -0.2) is 0 Å². The summed E-state index contributed by atoms with van der Waals surface area (Å²) in [4.78, 5) is 10.3. The zero-order valence-electron chi connectivity index (χ0n) is 8.15. The number of ether oxygens (including phenoxy) is 1. The maximum Gasteiger partial charge on any atom is 0.119 e. The number of carboxylic acid groups (broad SMARTS) is 1. The Morgan fingerprint density at radius 3 is 2.54 bits per heavy atom. The van der Waals surface area contributed by atoms with Crippen LogP contribution in [0, 0.1) is 0 Å². The largest absolute Gasteiger partial charge is 0.544 e. The van der Waals surface area contributed by atoms with E-state index in [0.29, 0.717) is 24.2 Å². The normalized spacial score (nSPS) is 11.6. The minimum atomic E-state index is -1.06. The number of aliphatic hydroxyl groups is 1. The van der Waals surface area contributed by atoms with Crippen molar-refractivity contribution in [2.75, 3.05) is 47.0 Å². The molecule has 0 radical (unpaired) electrons. The Bertz CT molecular complexity index is 158. The lowest BCUT2D eigenvalue weighted by atomic mass is 10.4. The van der Waals surface area contributed by atoms with E-state index in [1.165, 1.54) is 0 Å². The Morgan fingerprint density at radius 2 is 2.08 bits per heavy atom. The van der Waals surface area contributed by atoms with Gasteiger partial charge in [0, 0.05) is 0 Å². The van der Waals surface area contributed by atoms with E-state index < -0.39 is 5.97 Å². The molecule has 13 heavy (non-hydrogen) atoms. The molecule has 0 aromatic rings. The van der Waals surface area contributed by atoms with E-state index in [4.69, 9.17) is 9.84 Å². The van der Waals surface area contributed by atoms with E-state index >= 15 is 0 Å². The van der Waals surface area contributed by atoms with Crippen LogP contribution in [-0.2, 0) is 9.53 Å². The molecule has 0 bridgehead atoms. The number of carbonyl (C=O) groups excluding carboxylic acids is 1. The molecule has 5 nitrogen and oxygen atoms in total. The van der Waals surface area contributed by atoms with Gasteiger partial charge in [0.1, 0.15) is 13.1 Å². The number of rotatable bonds is 7. The number of hydrogen-bond acceptors (Lipinski definition) is 4. The molecule has 0 rings (SSSR count). The van der Waals surface area contributed by atoms with Crippen molar-refractivity contribution >= 4 is 5.97 Å². The second-order valence-corrected chi connectivity index (χ2v) is 3.53. The first-order valence-corrected chi connectivity index (χ1v) is 4.18. The third kappa shape index (κ3) is 7.70. The van der Waals surface area contributed by atoms with Gasteiger partial charge in [0.15, 0.2) is 0 Å². The van der Waals surface area contributed by atoms with Crippen molar-refractivity contribution in [1.82, 2.24) is 0 Å². The molecule has 1 N–H and O–H groups in total. The molecule has 5 heteroatoms. The first-order valence-electron chi connectivity index (χ1n) is 4.18. The van der Waals surface area contributed by atoms with Crippen molar-refractivity contribution in [3.8, 4) is 0 Å². The number of carboxylic acids is 1. The van der Waals surface area contributed by atoms with Gasteiger partial charge in [0.25, 0.3) is 0 Å². The highest BCUT2D eigenvalue weighted by molar-refractivity contribution is 5.65. The van der Waals surface area contributed by atoms with Crippen LogP contribution in [-0.4, -0.2) is 62.6 Å². The molecule has 0 unspecified atom stereocenters. The van der Waals surface area contributed by atoms with Gasteiger partial charge in [0.05, 0.1) is 39.9 Å². The molecule has 0 atom stereocenters. The van der Waals surface area contributed by atoms with Gasteiger partial charge in [-0.3, -0.25) is 0 Å². The Hall–Kier alpha value is -0.650. The van der Waals surface area contributed by atoms with Gasteiger partial charge < -0.3 is 24.2 Å². The van der Waals surface area contributed by atoms with Crippen LogP contribution in [0.15, 0.2) is 0 Å². The molecular formula is C8H17NO4. The second kappa shape index (κ2) is 5.90. The molecule has 0 aliphatic heterocycles. The summed E-state index contributed by atoms with van der Waals surface area (Å²) in [5.41, 5.74) is 0. The number of aliphatic hydroxyl groups excluding tert-OH is 1. The predicted octanol–water partition coefficient (Wildman–Crippen LogP) is -2.18. The number of quaternary nitrogens is 1. The molecule has 0 aliphatic rings. The molecule has 0 amide bonds. The highest BCUT2D eigenvalue weighted by Crippen LogP contribution is 1.95.